The smallest absolute Gasteiger partial charge is 0.251 e. The monoisotopic (exact) mass is 394 g/mol. The zero-order chi connectivity index (χ0) is 19.1. The fourth-order valence-corrected chi connectivity index (χ4v) is 3.68. The molecular weight excluding hydrogens is 368 g/mol. The molecule has 1 atom stereocenters. The van der Waals surface area contributed by atoms with Gasteiger partial charge in [-0.1, -0.05) is 23.7 Å². The van der Waals surface area contributed by atoms with Crippen LogP contribution in [0.4, 0.5) is 0 Å². The van der Waals surface area contributed by atoms with Gasteiger partial charge in [-0.2, -0.15) is 0 Å². The van der Waals surface area contributed by atoms with E-state index in [2.05, 4.69) is 0 Å². The van der Waals surface area contributed by atoms with E-state index in [-0.39, 0.29) is 17.9 Å². The quantitative estimate of drug-likeness (QED) is 0.696. The molecule has 1 unspecified atom stereocenters. The Labute approximate surface area is 165 Å². The van der Waals surface area contributed by atoms with Crippen molar-refractivity contribution in [3.8, 4) is 5.75 Å². The van der Waals surface area contributed by atoms with Crippen LogP contribution in [0.5, 0.6) is 5.75 Å². The lowest BCUT2D eigenvalue weighted by atomic mass is 10.2. The number of amides is 2. The molecule has 1 aromatic rings. The second kappa shape index (κ2) is 9.95. The number of hydrogen-bond donors (Lipinski definition) is 0. The Kier molecular flexibility index (Phi) is 7.35. The molecule has 7 heteroatoms. The first-order valence-corrected chi connectivity index (χ1v) is 10.1. The zero-order valence-electron chi connectivity index (χ0n) is 15.6. The first kappa shape index (κ1) is 20.0. The lowest BCUT2D eigenvalue weighted by Crippen LogP contribution is -2.41. The number of nitrogens with zero attached hydrogens (tertiary/aromatic N) is 2. The van der Waals surface area contributed by atoms with Crippen LogP contribution in [0.1, 0.15) is 32.1 Å². The molecule has 2 aliphatic rings. The van der Waals surface area contributed by atoms with E-state index in [1.165, 1.54) is 0 Å². The number of halogens is 1. The fourth-order valence-electron chi connectivity index (χ4n) is 3.49. The number of rotatable bonds is 6. The summed E-state index contributed by atoms with van der Waals surface area (Å²) in [7, 11) is 0. The van der Waals surface area contributed by atoms with Crippen molar-refractivity contribution < 1.29 is 19.1 Å². The molecule has 2 amide bonds. The third-order valence-corrected chi connectivity index (χ3v) is 5.31. The molecule has 0 spiro atoms. The molecule has 27 heavy (non-hydrogen) atoms. The van der Waals surface area contributed by atoms with Gasteiger partial charge in [0.25, 0.3) is 5.91 Å². The minimum atomic E-state index is -0.283. The van der Waals surface area contributed by atoms with Crippen LogP contribution >= 0.6 is 11.6 Å². The van der Waals surface area contributed by atoms with Gasteiger partial charge in [-0.05, 0) is 37.8 Å². The average Bonchev–Trinajstić information content (AvgIpc) is 3.10. The first-order valence-electron chi connectivity index (χ1n) is 9.70. The van der Waals surface area contributed by atoms with Crippen LogP contribution in [-0.4, -0.2) is 67.1 Å². The third kappa shape index (κ3) is 5.59. The largest absolute Gasteiger partial charge is 0.492 e. The molecule has 3 rings (SSSR count). The van der Waals surface area contributed by atoms with Gasteiger partial charge in [-0.25, -0.2) is 0 Å². The Hall–Kier alpha value is -1.79. The molecule has 2 saturated heterocycles. The summed E-state index contributed by atoms with van der Waals surface area (Å²) in [6.07, 6.45) is 3.35. The lowest BCUT2D eigenvalue weighted by molar-refractivity contribution is -0.141. The second-order valence-corrected chi connectivity index (χ2v) is 7.35. The second-order valence-electron chi connectivity index (χ2n) is 6.94. The Morgan fingerprint density at radius 1 is 1.11 bits per heavy atom. The van der Waals surface area contributed by atoms with Gasteiger partial charge in [0.15, 0.2) is 0 Å². The number of para-hydroxylation sites is 1. The van der Waals surface area contributed by atoms with Gasteiger partial charge >= 0.3 is 0 Å². The summed E-state index contributed by atoms with van der Waals surface area (Å²) < 4.78 is 11.1. The molecule has 0 bridgehead atoms. The highest BCUT2D eigenvalue weighted by atomic mass is 35.5. The summed E-state index contributed by atoms with van der Waals surface area (Å²) in [6.45, 7) is 3.68. The molecule has 2 aliphatic heterocycles. The first-order chi connectivity index (χ1) is 13.1. The minimum Gasteiger partial charge on any atom is -0.492 e. The summed E-state index contributed by atoms with van der Waals surface area (Å²) in [5, 5.41) is 0.576. The van der Waals surface area contributed by atoms with E-state index in [1.807, 2.05) is 28.0 Å². The van der Waals surface area contributed by atoms with Crippen LogP contribution in [0.2, 0.25) is 5.02 Å². The normalized spacial score (nSPS) is 20.4. The van der Waals surface area contributed by atoms with Crippen molar-refractivity contribution in [3.63, 3.8) is 0 Å². The summed E-state index contributed by atoms with van der Waals surface area (Å²) in [5.41, 5.74) is 0. The van der Waals surface area contributed by atoms with Crippen LogP contribution < -0.4 is 4.74 Å². The number of ether oxygens (including phenoxy) is 2. The molecule has 2 heterocycles. The molecule has 0 aliphatic carbocycles. The topological polar surface area (TPSA) is 59.1 Å². The van der Waals surface area contributed by atoms with Crippen molar-refractivity contribution in [2.24, 2.45) is 0 Å². The highest BCUT2D eigenvalue weighted by Crippen LogP contribution is 2.23. The molecule has 1 aromatic carbocycles. The van der Waals surface area contributed by atoms with Gasteiger partial charge in [0.2, 0.25) is 5.91 Å². The predicted octanol–water partition coefficient (Wildman–Crippen LogP) is 2.74. The molecular formula is C20H27ClN2O4. The maximum atomic E-state index is 12.5. The Morgan fingerprint density at radius 2 is 1.89 bits per heavy atom. The van der Waals surface area contributed by atoms with E-state index in [0.717, 1.165) is 19.3 Å². The van der Waals surface area contributed by atoms with Crippen molar-refractivity contribution in [2.75, 3.05) is 39.4 Å². The Bertz CT molecular complexity index is 649. The van der Waals surface area contributed by atoms with Crippen molar-refractivity contribution in [1.29, 1.82) is 0 Å². The molecule has 6 nitrogen and oxygen atoms in total. The average molecular weight is 395 g/mol. The van der Waals surface area contributed by atoms with Gasteiger partial charge < -0.3 is 19.3 Å². The number of benzene rings is 1. The van der Waals surface area contributed by atoms with E-state index in [9.17, 15) is 9.59 Å². The van der Waals surface area contributed by atoms with Crippen LogP contribution in [0.25, 0.3) is 0 Å². The highest BCUT2D eigenvalue weighted by Gasteiger charge is 2.29. The summed E-state index contributed by atoms with van der Waals surface area (Å²) in [4.78, 5) is 28.7. The summed E-state index contributed by atoms with van der Waals surface area (Å²) in [6, 6.07) is 7.32. The van der Waals surface area contributed by atoms with Gasteiger partial charge in [-0.3, -0.25) is 9.59 Å². The van der Waals surface area contributed by atoms with E-state index < -0.39 is 0 Å². The van der Waals surface area contributed by atoms with Crippen LogP contribution in [0.15, 0.2) is 24.3 Å². The van der Waals surface area contributed by atoms with Gasteiger partial charge in [0, 0.05) is 39.2 Å². The standard InChI is InChI=1S/C20H27ClN2O4/c21-16-6-1-2-7-17(16)26-15-4-9-19(24)22-10-5-11-23(13-12-22)20(25)18-8-3-14-27-18/h1-2,6-7,18H,3-5,8-15H2. The molecule has 0 saturated carbocycles. The van der Waals surface area contributed by atoms with Gasteiger partial charge in [0.05, 0.1) is 11.6 Å². The van der Waals surface area contributed by atoms with Crippen LogP contribution in [-0.2, 0) is 14.3 Å². The van der Waals surface area contributed by atoms with Crippen LogP contribution in [0, 0.1) is 0 Å². The Balaban J connectivity index is 1.38. The SMILES string of the molecule is O=C(CCCOc1ccccc1Cl)N1CCCN(C(=O)C2CCCO2)CC1. The third-order valence-electron chi connectivity index (χ3n) is 4.99. The minimum absolute atomic E-state index is 0.0786. The number of carbonyl (C=O) groups excluding carboxylic acids is 2. The summed E-state index contributed by atoms with van der Waals surface area (Å²) in [5.74, 6) is 0.837. The van der Waals surface area contributed by atoms with Crippen molar-refractivity contribution in [2.45, 2.75) is 38.2 Å². The van der Waals surface area contributed by atoms with Crippen molar-refractivity contribution in [1.82, 2.24) is 9.80 Å². The molecule has 0 radical (unpaired) electrons. The van der Waals surface area contributed by atoms with E-state index >= 15 is 0 Å². The molecule has 2 fully saturated rings. The van der Waals surface area contributed by atoms with Crippen LogP contribution in [0.3, 0.4) is 0 Å². The van der Waals surface area contributed by atoms with Crippen molar-refractivity contribution in [3.05, 3.63) is 29.3 Å². The highest BCUT2D eigenvalue weighted by molar-refractivity contribution is 6.32. The molecule has 148 valence electrons. The van der Waals surface area contributed by atoms with Gasteiger partial charge in [0.1, 0.15) is 11.9 Å². The number of carbonyl (C=O) groups is 2. The van der Waals surface area contributed by atoms with E-state index in [0.29, 0.717) is 63.0 Å². The van der Waals surface area contributed by atoms with Crippen molar-refractivity contribution >= 4 is 23.4 Å². The predicted molar refractivity (Wildman–Crippen MR) is 103 cm³/mol. The van der Waals surface area contributed by atoms with E-state index in [1.54, 1.807) is 6.07 Å². The maximum Gasteiger partial charge on any atom is 0.251 e. The maximum absolute atomic E-state index is 12.5. The van der Waals surface area contributed by atoms with E-state index in [4.69, 9.17) is 21.1 Å². The fraction of sp³-hybridized carbons (Fsp3) is 0.600. The summed E-state index contributed by atoms with van der Waals surface area (Å²) >= 11 is 6.05. The lowest BCUT2D eigenvalue weighted by Gasteiger charge is -2.24. The molecule has 0 N–H and O–H groups in total. The van der Waals surface area contributed by atoms with Gasteiger partial charge in [-0.15, -0.1) is 0 Å². The Morgan fingerprint density at radius 3 is 2.67 bits per heavy atom. The number of hydrogen-bond acceptors (Lipinski definition) is 4. The molecule has 0 aromatic heterocycles. The zero-order valence-corrected chi connectivity index (χ0v) is 16.3.